The SMILES string of the molecule is CCNS(=O)(=O)c1ccc(CCC(=O)Nc2ccc(OC)cc2)cc1. The van der Waals surface area contributed by atoms with Crippen LogP contribution in [0.25, 0.3) is 0 Å². The highest BCUT2D eigenvalue weighted by molar-refractivity contribution is 7.89. The highest BCUT2D eigenvalue weighted by Crippen LogP contribution is 2.16. The third-order valence-electron chi connectivity index (χ3n) is 3.58. The number of carbonyl (C=O) groups is 1. The number of nitrogens with one attached hydrogen (secondary N) is 2. The minimum atomic E-state index is -3.44. The second kappa shape index (κ2) is 8.64. The van der Waals surface area contributed by atoms with E-state index in [9.17, 15) is 13.2 Å². The highest BCUT2D eigenvalue weighted by Gasteiger charge is 2.12. The van der Waals surface area contributed by atoms with Crippen LogP contribution in [0.2, 0.25) is 0 Å². The van der Waals surface area contributed by atoms with Gasteiger partial charge in [-0.05, 0) is 48.4 Å². The molecule has 0 aliphatic rings. The Bertz CT molecular complexity index is 800. The van der Waals surface area contributed by atoms with E-state index < -0.39 is 10.0 Å². The molecule has 0 aromatic heterocycles. The summed E-state index contributed by atoms with van der Waals surface area (Å²) in [6.07, 6.45) is 0.842. The standard InChI is InChI=1S/C18H22N2O4S/c1-3-19-25(22,23)17-11-4-14(5-12-17)6-13-18(21)20-15-7-9-16(24-2)10-8-15/h4-5,7-12,19H,3,6,13H2,1-2H3,(H,20,21). The molecule has 6 nitrogen and oxygen atoms in total. The Morgan fingerprint density at radius 3 is 2.24 bits per heavy atom. The maximum Gasteiger partial charge on any atom is 0.240 e. The molecule has 0 unspecified atom stereocenters. The molecule has 0 saturated heterocycles. The van der Waals surface area contributed by atoms with Crippen molar-refractivity contribution in [3.63, 3.8) is 0 Å². The van der Waals surface area contributed by atoms with Gasteiger partial charge in [-0.25, -0.2) is 13.1 Å². The van der Waals surface area contributed by atoms with Crippen molar-refractivity contribution in [2.45, 2.75) is 24.7 Å². The Hall–Kier alpha value is -2.38. The molecule has 2 N–H and O–H groups in total. The van der Waals surface area contributed by atoms with Crippen LogP contribution in [0.3, 0.4) is 0 Å². The number of sulfonamides is 1. The molecule has 0 atom stereocenters. The van der Waals surface area contributed by atoms with Gasteiger partial charge in [-0.1, -0.05) is 19.1 Å². The van der Waals surface area contributed by atoms with Gasteiger partial charge < -0.3 is 10.1 Å². The molecule has 0 heterocycles. The molecule has 0 radical (unpaired) electrons. The van der Waals surface area contributed by atoms with E-state index in [0.29, 0.717) is 25.1 Å². The number of carbonyl (C=O) groups excluding carboxylic acids is 1. The molecular weight excluding hydrogens is 340 g/mol. The highest BCUT2D eigenvalue weighted by atomic mass is 32.2. The first-order valence-corrected chi connectivity index (χ1v) is 9.45. The maximum atomic E-state index is 12.0. The summed E-state index contributed by atoms with van der Waals surface area (Å²) in [4.78, 5) is 12.2. The Labute approximate surface area is 148 Å². The topological polar surface area (TPSA) is 84.5 Å². The summed E-state index contributed by atoms with van der Waals surface area (Å²) in [5.41, 5.74) is 1.61. The van der Waals surface area contributed by atoms with E-state index in [1.165, 1.54) is 0 Å². The summed E-state index contributed by atoms with van der Waals surface area (Å²) in [5, 5.41) is 2.82. The summed E-state index contributed by atoms with van der Waals surface area (Å²) >= 11 is 0. The third-order valence-corrected chi connectivity index (χ3v) is 5.14. The molecule has 0 saturated carbocycles. The van der Waals surface area contributed by atoms with Crippen molar-refractivity contribution in [3.8, 4) is 5.75 Å². The predicted octanol–water partition coefficient (Wildman–Crippen LogP) is 2.56. The second-order valence-corrected chi connectivity index (χ2v) is 7.19. The van der Waals surface area contributed by atoms with Crippen LogP contribution in [0.4, 0.5) is 5.69 Å². The summed E-state index contributed by atoms with van der Waals surface area (Å²) in [6, 6.07) is 13.7. The van der Waals surface area contributed by atoms with Crippen LogP contribution < -0.4 is 14.8 Å². The third kappa shape index (κ3) is 5.58. The van der Waals surface area contributed by atoms with Gasteiger partial charge in [0, 0.05) is 18.7 Å². The fourth-order valence-corrected chi connectivity index (χ4v) is 3.31. The van der Waals surface area contributed by atoms with E-state index in [1.807, 2.05) is 0 Å². The van der Waals surface area contributed by atoms with E-state index in [1.54, 1.807) is 62.6 Å². The molecule has 25 heavy (non-hydrogen) atoms. The molecule has 0 fully saturated rings. The zero-order valence-corrected chi connectivity index (χ0v) is 15.1. The fraction of sp³-hybridized carbons (Fsp3) is 0.278. The first-order valence-electron chi connectivity index (χ1n) is 7.97. The largest absolute Gasteiger partial charge is 0.497 e. The van der Waals surface area contributed by atoms with Crippen molar-refractivity contribution in [1.82, 2.24) is 4.72 Å². The van der Waals surface area contributed by atoms with Gasteiger partial charge >= 0.3 is 0 Å². The lowest BCUT2D eigenvalue weighted by Gasteiger charge is -2.07. The van der Waals surface area contributed by atoms with Crippen LogP contribution >= 0.6 is 0 Å². The zero-order chi connectivity index (χ0) is 18.3. The van der Waals surface area contributed by atoms with Gasteiger partial charge in [0.25, 0.3) is 0 Å². The Morgan fingerprint density at radius 2 is 1.68 bits per heavy atom. The van der Waals surface area contributed by atoms with Crippen LogP contribution in [0.5, 0.6) is 5.75 Å². The molecular formula is C18H22N2O4S. The van der Waals surface area contributed by atoms with Crippen molar-refractivity contribution >= 4 is 21.6 Å². The number of ether oxygens (including phenoxy) is 1. The average Bonchev–Trinajstić information content (AvgIpc) is 2.61. The average molecular weight is 362 g/mol. The van der Waals surface area contributed by atoms with Crippen LogP contribution in [-0.2, 0) is 21.2 Å². The maximum absolute atomic E-state index is 12.0. The molecule has 2 aromatic rings. The molecule has 0 aliphatic carbocycles. The van der Waals surface area contributed by atoms with Crippen LogP contribution in [-0.4, -0.2) is 28.0 Å². The van der Waals surface area contributed by atoms with Gasteiger partial charge in [0.15, 0.2) is 0 Å². The molecule has 1 amide bonds. The van der Waals surface area contributed by atoms with Crippen LogP contribution in [0.1, 0.15) is 18.9 Å². The smallest absolute Gasteiger partial charge is 0.240 e. The molecule has 0 bridgehead atoms. The molecule has 134 valence electrons. The van der Waals surface area contributed by atoms with Gasteiger partial charge in [-0.15, -0.1) is 0 Å². The van der Waals surface area contributed by atoms with Gasteiger partial charge in [0.1, 0.15) is 5.75 Å². The van der Waals surface area contributed by atoms with E-state index in [4.69, 9.17) is 4.74 Å². The minimum absolute atomic E-state index is 0.102. The van der Waals surface area contributed by atoms with Crippen molar-refractivity contribution in [1.29, 1.82) is 0 Å². The lowest BCUT2D eigenvalue weighted by Crippen LogP contribution is -2.23. The van der Waals surface area contributed by atoms with Gasteiger partial charge in [0.05, 0.1) is 12.0 Å². The van der Waals surface area contributed by atoms with Crippen molar-refractivity contribution in [2.75, 3.05) is 19.0 Å². The predicted molar refractivity (Wildman–Crippen MR) is 97.2 cm³/mol. The number of hydrogen-bond donors (Lipinski definition) is 2. The molecule has 0 aliphatic heterocycles. The summed E-state index contributed by atoms with van der Waals surface area (Å²) in [7, 11) is -1.86. The molecule has 2 aromatic carbocycles. The van der Waals surface area contributed by atoms with Gasteiger partial charge in [-0.2, -0.15) is 0 Å². The lowest BCUT2D eigenvalue weighted by atomic mass is 10.1. The molecule has 7 heteroatoms. The van der Waals surface area contributed by atoms with E-state index in [2.05, 4.69) is 10.0 Å². The summed E-state index contributed by atoms with van der Waals surface area (Å²) < 4.78 is 31.3. The minimum Gasteiger partial charge on any atom is -0.497 e. The number of hydrogen-bond acceptors (Lipinski definition) is 4. The lowest BCUT2D eigenvalue weighted by molar-refractivity contribution is -0.116. The quantitative estimate of drug-likeness (QED) is 0.756. The molecule has 0 spiro atoms. The van der Waals surface area contributed by atoms with Crippen molar-refractivity contribution in [2.24, 2.45) is 0 Å². The monoisotopic (exact) mass is 362 g/mol. The first kappa shape index (κ1) is 19.0. The number of rotatable bonds is 8. The van der Waals surface area contributed by atoms with Crippen molar-refractivity contribution < 1.29 is 17.9 Å². The van der Waals surface area contributed by atoms with Crippen molar-refractivity contribution in [3.05, 3.63) is 54.1 Å². The second-order valence-electron chi connectivity index (χ2n) is 5.42. The first-order chi connectivity index (χ1) is 11.9. The van der Waals surface area contributed by atoms with E-state index >= 15 is 0 Å². The Morgan fingerprint density at radius 1 is 1.04 bits per heavy atom. The number of benzene rings is 2. The Balaban J connectivity index is 1.89. The Kier molecular flexibility index (Phi) is 6.55. The number of amides is 1. The van der Waals surface area contributed by atoms with Gasteiger partial charge in [-0.3, -0.25) is 4.79 Å². The zero-order valence-electron chi connectivity index (χ0n) is 14.3. The molecule has 2 rings (SSSR count). The van der Waals surface area contributed by atoms with Crippen LogP contribution in [0, 0.1) is 0 Å². The number of methoxy groups -OCH3 is 1. The fourth-order valence-electron chi connectivity index (χ4n) is 2.26. The van der Waals surface area contributed by atoms with Gasteiger partial charge in [0.2, 0.25) is 15.9 Å². The number of aryl methyl sites for hydroxylation is 1. The number of anilines is 1. The van der Waals surface area contributed by atoms with Crippen LogP contribution in [0.15, 0.2) is 53.4 Å². The van der Waals surface area contributed by atoms with E-state index in [-0.39, 0.29) is 10.8 Å². The van der Waals surface area contributed by atoms with E-state index in [0.717, 1.165) is 11.3 Å². The summed E-state index contributed by atoms with van der Waals surface area (Å²) in [5.74, 6) is 0.625. The summed E-state index contributed by atoms with van der Waals surface area (Å²) in [6.45, 7) is 2.07. The normalized spacial score (nSPS) is 11.1.